The summed E-state index contributed by atoms with van der Waals surface area (Å²) in [6.07, 6.45) is 2.36. The summed E-state index contributed by atoms with van der Waals surface area (Å²) >= 11 is 7.77. The van der Waals surface area contributed by atoms with Crippen molar-refractivity contribution < 1.29 is 0 Å². The van der Waals surface area contributed by atoms with Crippen LogP contribution in [-0.4, -0.2) is 0 Å². The summed E-state index contributed by atoms with van der Waals surface area (Å²) in [6.45, 7) is 9.38. The molecule has 0 saturated heterocycles. The molecule has 0 aliphatic heterocycles. The first-order chi connectivity index (χ1) is 12.3. The fourth-order valence-corrected chi connectivity index (χ4v) is 6.08. The minimum absolute atomic E-state index is 0.212. The average molecular weight is 470 g/mol. The van der Waals surface area contributed by atoms with E-state index in [1.54, 1.807) is 0 Å². The topological polar surface area (TPSA) is 0 Å². The van der Waals surface area contributed by atoms with Gasteiger partial charge >= 0.3 is 0 Å². The minimum atomic E-state index is 0.212. The van der Waals surface area contributed by atoms with Gasteiger partial charge in [0.2, 0.25) is 0 Å². The van der Waals surface area contributed by atoms with E-state index < -0.39 is 0 Å². The molecule has 0 nitrogen and oxygen atoms in total. The maximum atomic E-state index is 3.90. The molecule has 4 aromatic carbocycles. The van der Waals surface area contributed by atoms with E-state index >= 15 is 0 Å². The van der Waals surface area contributed by atoms with Gasteiger partial charge in [-0.1, -0.05) is 71.7 Å². The smallest absolute Gasteiger partial charge is 0.0257 e. The van der Waals surface area contributed by atoms with Crippen LogP contribution in [0.4, 0.5) is 0 Å². The molecule has 0 aromatic heterocycles. The van der Waals surface area contributed by atoms with Crippen LogP contribution in [0.25, 0.3) is 32.3 Å². The third kappa shape index (κ3) is 2.12. The van der Waals surface area contributed by atoms with Crippen molar-refractivity contribution in [3.63, 3.8) is 0 Å². The molecule has 0 spiro atoms. The Balaban J connectivity index is 2.15. The van der Waals surface area contributed by atoms with E-state index in [9.17, 15) is 0 Å². The normalized spacial score (nSPS) is 16.4. The van der Waals surface area contributed by atoms with Crippen molar-refractivity contribution in [1.29, 1.82) is 0 Å². The van der Waals surface area contributed by atoms with Crippen molar-refractivity contribution in [3.05, 3.63) is 56.0 Å². The fraction of sp³-hybridized carbons (Fsp3) is 0.333. The summed E-state index contributed by atoms with van der Waals surface area (Å²) in [6, 6.07) is 11.8. The molecule has 0 atom stereocenters. The van der Waals surface area contributed by atoms with Crippen LogP contribution < -0.4 is 0 Å². The van der Waals surface area contributed by atoms with E-state index in [2.05, 4.69) is 89.9 Å². The summed E-state index contributed by atoms with van der Waals surface area (Å²) in [5.41, 5.74) is 4.65. The van der Waals surface area contributed by atoms with Crippen LogP contribution in [0, 0.1) is 0 Å². The first-order valence-electron chi connectivity index (χ1n) is 9.42. The first-order valence-corrected chi connectivity index (χ1v) is 11.0. The van der Waals surface area contributed by atoms with E-state index in [4.69, 9.17) is 0 Å². The number of hydrogen-bond donors (Lipinski definition) is 0. The first kappa shape index (κ1) is 17.0. The number of hydrogen-bond acceptors (Lipinski definition) is 0. The largest absolute Gasteiger partial charge is 0.0587 e. The zero-order valence-electron chi connectivity index (χ0n) is 15.6. The van der Waals surface area contributed by atoms with Crippen molar-refractivity contribution in [2.75, 3.05) is 0 Å². The van der Waals surface area contributed by atoms with Gasteiger partial charge in [-0.05, 0) is 91.4 Å². The van der Waals surface area contributed by atoms with E-state index in [0.29, 0.717) is 5.92 Å². The Morgan fingerprint density at radius 2 is 1.54 bits per heavy atom. The third-order valence-corrected chi connectivity index (χ3v) is 7.70. The lowest BCUT2D eigenvalue weighted by atomic mass is 9.70. The molecule has 2 heteroatoms. The van der Waals surface area contributed by atoms with Crippen LogP contribution >= 0.6 is 31.9 Å². The molecule has 0 N–H and O–H groups in total. The molecule has 26 heavy (non-hydrogen) atoms. The predicted molar refractivity (Wildman–Crippen MR) is 121 cm³/mol. The summed E-state index contributed by atoms with van der Waals surface area (Å²) in [4.78, 5) is 0. The quantitative estimate of drug-likeness (QED) is 0.245. The number of halogens is 2. The Morgan fingerprint density at radius 3 is 2.27 bits per heavy atom. The predicted octanol–water partition coefficient (Wildman–Crippen LogP) is 8.46. The molecule has 1 aliphatic carbocycles. The van der Waals surface area contributed by atoms with Crippen LogP contribution in [0.15, 0.2) is 39.3 Å². The molecule has 132 valence electrons. The molecule has 1 aliphatic rings. The van der Waals surface area contributed by atoms with Gasteiger partial charge in [-0.15, -0.1) is 0 Å². The van der Waals surface area contributed by atoms with E-state index in [0.717, 1.165) is 6.42 Å². The molecule has 0 unspecified atom stereocenters. The molecular formula is C24H22Br2. The van der Waals surface area contributed by atoms with Gasteiger partial charge in [0.25, 0.3) is 0 Å². The van der Waals surface area contributed by atoms with Crippen LogP contribution in [0.2, 0.25) is 0 Å². The molecular weight excluding hydrogens is 448 g/mol. The lowest BCUT2D eigenvalue weighted by molar-refractivity contribution is 0.475. The molecule has 5 rings (SSSR count). The van der Waals surface area contributed by atoms with Gasteiger partial charge in [0, 0.05) is 8.95 Å². The maximum Gasteiger partial charge on any atom is 0.0257 e. The van der Waals surface area contributed by atoms with E-state index in [1.165, 1.54) is 64.4 Å². The third-order valence-electron chi connectivity index (χ3n) is 6.38. The number of benzene rings is 4. The second-order valence-corrected chi connectivity index (χ2v) is 10.5. The number of rotatable bonds is 1. The molecule has 0 radical (unpaired) electrons. The standard InChI is InChI=1S/C24H22Br2/c1-12(2)16-11-20(26)17-10-18-21-13(7-8-24(18,3)4)9-19(25)15-6-5-14(16)22(17)23(15)21/h5-6,9-12H,7-8H2,1-4H3. The van der Waals surface area contributed by atoms with Crippen molar-refractivity contribution in [3.8, 4) is 0 Å². The van der Waals surface area contributed by atoms with Crippen molar-refractivity contribution >= 4 is 64.2 Å². The Bertz CT molecular complexity index is 1200. The van der Waals surface area contributed by atoms with Gasteiger partial charge in [0.15, 0.2) is 0 Å². The molecule has 0 amide bonds. The van der Waals surface area contributed by atoms with Gasteiger partial charge in [-0.3, -0.25) is 0 Å². The summed E-state index contributed by atoms with van der Waals surface area (Å²) in [5.74, 6) is 0.502. The number of aryl methyl sites for hydroxylation is 1. The van der Waals surface area contributed by atoms with E-state index in [-0.39, 0.29) is 5.41 Å². The molecule has 0 saturated carbocycles. The lowest BCUT2D eigenvalue weighted by Crippen LogP contribution is -2.23. The zero-order valence-corrected chi connectivity index (χ0v) is 18.8. The lowest BCUT2D eigenvalue weighted by Gasteiger charge is -2.34. The molecule has 0 heterocycles. The second-order valence-electron chi connectivity index (χ2n) is 8.76. The summed E-state index contributed by atoms with van der Waals surface area (Å²) < 4.78 is 2.45. The van der Waals surface area contributed by atoms with Crippen LogP contribution in [0.5, 0.6) is 0 Å². The molecule has 4 aromatic rings. The van der Waals surface area contributed by atoms with Gasteiger partial charge in [0.1, 0.15) is 0 Å². The highest BCUT2D eigenvalue weighted by molar-refractivity contribution is 9.11. The Labute approximate surface area is 171 Å². The van der Waals surface area contributed by atoms with Gasteiger partial charge < -0.3 is 0 Å². The second kappa shape index (κ2) is 5.45. The average Bonchev–Trinajstić information content (AvgIpc) is 2.59. The van der Waals surface area contributed by atoms with Crippen molar-refractivity contribution in [2.24, 2.45) is 0 Å². The Kier molecular flexibility index (Phi) is 3.57. The van der Waals surface area contributed by atoms with Crippen molar-refractivity contribution in [1.82, 2.24) is 0 Å². The maximum absolute atomic E-state index is 3.90. The van der Waals surface area contributed by atoms with Crippen LogP contribution in [0.3, 0.4) is 0 Å². The SMILES string of the molecule is CC(C)c1cc(Br)c2cc3c4c(cc(Br)c5ccc1c2c54)CCC3(C)C. The highest BCUT2D eigenvalue weighted by Crippen LogP contribution is 2.50. The monoisotopic (exact) mass is 468 g/mol. The molecule has 0 bridgehead atoms. The van der Waals surface area contributed by atoms with Gasteiger partial charge in [-0.2, -0.15) is 0 Å². The fourth-order valence-electron chi connectivity index (χ4n) is 4.91. The highest BCUT2D eigenvalue weighted by atomic mass is 79.9. The Hall–Kier alpha value is -1.12. The highest BCUT2D eigenvalue weighted by Gasteiger charge is 2.31. The zero-order chi connectivity index (χ0) is 18.4. The van der Waals surface area contributed by atoms with E-state index in [1.807, 2.05) is 0 Å². The summed E-state index contributed by atoms with van der Waals surface area (Å²) in [5, 5.41) is 8.50. The molecule has 0 fully saturated rings. The summed E-state index contributed by atoms with van der Waals surface area (Å²) in [7, 11) is 0. The van der Waals surface area contributed by atoms with Crippen LogP contribution in [-0.2, 0) is 11.8 Å². The van der Waals surface area contributed by atoms with Gasteiger partial charge in [0.05, 0.1) is 0 Å². The van der Waals surface area contributed by atoms with Crippen LogP contribution in [0.1, 0.15) is 56.7 Å². The minimum Gasteiger partial charge on any atom is -0.0587 e. The van der Waals surface area contributed by atoms with Gasteiger partial charge in [-0.25, -0.2) is 0 Å². The Morgan fingerprint density at radius 1 is 0.846 bits per heavy atom. The van der Waals surface area contributed by atoms with Crippen molar-refractivity contribution in [2.45, 2.75) is 51.9 Å².